The van der Waals surface area contributed by atoms with Gasteiger partial charge in [0.1, 0.15) is 6.04 Å². The zero-order valence-corrected chi connectivity index (χ0v) is 18.3. The molecule has 0 saturated carbocycles. The Morgan fingerprint density at radius 3 is 2.41 bits per heavy atom. The van der Waals surface area contributed by atoms with Gasteiger partial charge < -0.3 is 14.7 Å². The molecule has 1 N–H and O–H groups in total. The summed E-state index contributed by atoms with van der Waals surface area (Å²) in [5, 5.41) is 9.30. The lowest BCUT2D eigenvalue weighted by Gasteiger charge is -2.47. The van der Waals surface area contributed by atoms with Gasteiger partial charge in [0.2, 0.25) is 17.7 Å². The summed E-state index contributed by atoms with van der Waals surface area (Å²) in [7, 11) is 0. The highest BCUT2D eigenvalue weighted by Gasteiger charge is 2.65. The van der Waals surface area contributed by atoms with Crippen molar-refractivity contribution < 1.29 is 29.0 Å². The number of carbonyl (C=O) groups is 4. The van der Waals surface area contributed by atoms with E-state index in [9.17, 15) is 24.3 Å². The molecule has 0 aliphatic carbocycles. The maximum atomic E-state index is 12.9. The fourth-order valence-corrected chi connectivity index (χ4v) is 6.32. The van der Waals surface area contributed by atoms with E-state index in [1.54, 1.807) is 11.8 Å². The van der Waals surface area contributed by atoms with Crippen molar-refractivity contribution in [2.75, 3.05) is 13.2 Å². The van der Waals surface area contributed by atoms with Gasteiger partial charge >= 0.3 is 5.97 Å². The Morgan fingerprint density at radius 1 is 1.24 bits per heavy atom. The van der Waals surface area contributed by atoms with Gasteiger partial charge in [-0.25, -0.2) is 4.79 Å². The molecule has 0 aromatic heterocycles. The zero-order chi connectivity index (χ0) is 21.6. The topological polar surface area (TPSA) is 104 Å². The molecular weight excluding hydrogens is 396 g/mol. The number of β-lactam (4-membered cyclic amide) rings is 1. The molecule has 0 spiro atoms. The highest BCUT2D eigenvalue weighted by atomic mass is 32.2. The van der Waals surface area contributed by atoms with Crippen LogP contribution in [-0.2, 0) is 23.9 Å². The van der Waals surface area contributed by atoms with Gasteiger partial charge in [0.05, 0.1) is 29.9 Å². The summed E-state index contributed by atoms with van der Waals surface area (Å²) < 4.78 is 5.46. The van der Waals surface area contributed by atoms with Crippen LogP contribution in [0.15, 0.2) is 0 Å². The summed E-state index contributed by atoms with van der Waals surface area (Å²) in [5.74, 6) is -1.68. The number of ether oxygens (including phenoxy) is 1. The number of hydrogen-bond donors (Lipinski definition) is 1. The van der Waals surface area contributed by atoms with E-state index in [1.165, 1.54) is 23.6 Å². The Hall–Kier alpha value is -1.61. The molecule has 3 aliphatic heterocycles. The summed E-state index contributed by atoms with van der Waals surface area (Å²) >= 11 is 1.37. The predicted octanol–water partition coefficient (Wildman–Crippen LogP) is 0.661. The average Bonchev–Trinajstić information content (AvgIpc) is 3.10. The number of fused-ring (bicyclic) bond motifs is 1. The summed E-state index contributed by atoms with van der Waals surface area (Å²) in [6.45, 7) is 9.41. The van der Waals surface area contributed by atoms with Gasteiger partial charge in [-0.15, -0.1) is 11.8 Å². The molecule has 0 bridgehead atoms. The molecule has 162 valence electrons. The molecule has 0 aromatic rings. The van der Waals surface area contributed by atoms with Gasteiger partial charge in [-0.2, -0.15) is 0 Å². The third-order valence-electron chi connectivity index (χ3n) is 6.07. The largest absolute Gasteiger partial charge is 0.464 e. The summed E-state index contributed by atoms with van der Waals surface area (Å²) in [6, 6.07) is -1.03. The standard InChI is InChI=1S/C20H30N2O6S/c1-9(2)8-28-20(27)16-17(29-13-6-7-21(12(5)24)18(13)25)10(3)15-14(11(4)23)19(26)22(15)16/h9-11,13-17,23H,6-8H2,1-5H3. The second-order valence-corrected chi connectivity index (χ2v) is 10.1. The first-order valence-corrected chi connectivity index (χ1v) is 11.1. The number of esters is 1. The molecule has 3 saturated heterocycles. The Labute approximate surface area is 175 Å². The lowest BCUT2D eigenvalue weighted by Crippen LogP contribution is -2.65. The van der Waals surface area contributed by atoms with Gasteiger partial charge in [-0.3, -0.25) is 19.3 Å². The third-order valence-corrected chi connectivity index (χ3v) is 7.84. The van der Waals surface area contributed by atoms with Crippen LogP contribution in [-0.4, -0.2) is 80.4 Å². The maximum Gasteiger partial charge on any atom is 0.330 e. The number of amides is 3. The monoisotopic (exact) mass is 426 g/mol. The first-order chi connectivity index (χ1) is 13.6. The van der Waals surface area contributed by atoms with Gasteiger partial charge in [0, 0.05) is 18.7 Å². The van der Waals surface area contributed by atoms with E-state index in [0.717, 1.165) is 0 Å². The number of imide groups is 1. The Bertz CT molecular complexity index is 711. The van der Waals surface area contributed by atoms with Crippen molar-refractivity contribution in [3.63, 3.8) is 0 Å². The van der Waals surface area contributed by atoms with Gasteiger partial charge in [-0.05, 0) is 25.2 Å². The van der Waals surface area contributed by atoms with Crippen LogP contribution in [0.25, 0.3) is 0 Å². The molecule has 3 fully saturated rings. The van der Waals surface area contributed by atoms with Crippen LogP contribution in [0.2, 0.25) is 0 Å². The summed E-state index contributed by atoms with van der Waals surface area (Å²) in [4.78, 5) is 52.6. The third kappa shape index (κ3) is 3.79. The molecule has 3 rings (SSSR count). The van der Waals surface area contributed by atoms with Crippen LogP contribution in [0.3, 0.4) is 0 Å². The second-order valence-electron chi connectivity index (χ2n) is 8.72. The fourth-order valence-electron chi connectivity index (χ4n) is 4.65. The highest BCUT2D eigenvalue weighted by Crippen LogP contribution is 2.50. The Kier molecular flexibility index (Phi) is 6.29. The summed E-state index contributed by atoms with van der Waals surface area (Å²) in [6.07, 6.45) is -0.276. The van der Waals surface area contributed by atoms with Crippen molar-refractivity contribution in [1.29, 1.82) is 0 Å². The van der Waals surface area contributed by atoms with Gasteiger partial charge in [0.25, 0.3) is 0 Å². The Balaban J connectivity index is 1.82. The minimum Gasteiger partial charge on any atom is -0.464 e. The Morgan fingerprint density at radius 2 is 1.90 bits per heavy atom. The minimum atomic E-state index is -0.802. The quantitative estimate of drug-likeness (QED) is 0.491. The lowest BCUT2D eigenvalue weighted by atomic mass is 9.79. The minimum absolute atomic E-state index is 0.0897. The van der Waals surface area contributed by atoms with E-state index in [1.807, 2.05) is 20.8 Å². The molecule has 7 unspecified atom stereocenters. The van der Waals surface area contributed by atoms with Crippen molar-refractivity contribution in [2.45, 2.75) is 69.7 Å². The van der Waals surface area contributed by atoms with Crippen molar-refractivity contribution in [1.82, 2.24) is 9.80 Å². The van der Waals surface area contributed by atoms with E-state index >= 15 is 0 Å². The average molecular weight is 427 g/mol. The van der Waals surface area contributed by atoms with Crippen LogP contribution in [0, 0.1) is 17.8 Å². The number of rotatable bonds is 6. The maximum absolute atomic E-state index is 12.9. The molecule has 3 heterocycles. The van der Waals surface area contributed by atoms with E-state index in [-0.39, 0.29) is 47.5 Å². The summed E-state index contributed by atoms with van der Waals surface area (Å²) in [5.41, 5.74) is 0. The molecule has 0 radical (unpaired) electrons. The van der Waals surface area contributed by atoms with Crippen molar-refractivity contribution in [3.05, 3.63) is 0 Å². The van der Waals surface area contributed by atoms with Crippen molar-refractivity contribution in [2.24, 2.45) is 17.8 Å². The predicted molar refractivity (Wildman–Crippen MR) is 107 cm³/mol. The molecular formula is C20H30N2O6S. The highest BCUT2D eigenvalue weighted by molar-refractivity contribution is 8.01. The van der Waals surface area contributed by atoms with Crippen molar-refractivity contribution >= 4 is 35.5 Å². The molecule has 7 atom stereocenters. The van der Waals surface area contributed by atoms with Crippen LogP contribution in [0.1, 0.15) is 41.0 Å². The van der Waals surface area contributed by atoms with Crippen LogP contribution < -0.4 is 0 Å². The SMILES string of the molecule is CC(=O)N1CCC(SC2C(C)C3C(C(C)O)C(=O)N3C2C(=O)OCC(C)C)C1=O. The number of aliphatic hydroxyl groups is 1. The number of likely N-dealkylation sites (tertiary alicyclic amines) is 1. The smallest absolute Gasteiger partial charge is 0.330 e. The number of carbonyl (C=O) groups excluding carboxylic acids is 4. The number of aliphatic hydroxyl groups excluding tert-OH is 1. The normalized spacial score (nSPS) is 35.0. The van der Waals surface area contributed by atoms with Crippen molar-refractivity contribution in [3.8, 4) is 0 Å². The molecule has 3 aliphatic rings. The van der Waals surface area contributed by atoms with Crippen LogP contribution >= 0.6 is 11.8 Å². The first kappa shape index (κ1) is 22.1. The van der Waals surface area contributed by atoms with E-state index in [0.29, 0.717) is 13.0 Å². The van der Waals surface area contributed by atoms with Crippen LogP contribution in [0.4, 0.5) is 0 Å². The molecule has 9 heteroatoms. The lowest BCUT2D eigenvalue weighted by molar-refractivity contribution is -0.173. The first-order valence-electron chi connectivity index (χ1n) is 10.2. The zero-order valence-electron chi connectivity index (χ0n) is 17.5. The van der Waals surface area contributed by atoms with E-state index in [4.69, 9.17) is 4.74 Å². The number of nitrogens with zero attached hydrogens (tertiary/aromatic N) is 2. The van der Waals surface area contributed by atoms with Gasteiger partial charge in [-0.1, -0.05) is 20.8 Å². The fraction of sp³-hybridized carbons (Fsp3) is 0.800. The van der Waals surface area contributed by atoms with E-state index < -0.39 is 29.3 Å². The van der Waals surface area contributed by atoms with Crippen LogP contribution in [0.5, 0.6) is 0 Å². The van der Waals surface area contributed by atoms with E-state index in [2.05, 4.69) is 0 Å². The molecule has 3 amide bonds. The molecule has 29 heavy (non-hydrogen) atoms. The van der Waals surface area contributed by atoms with Gasteiger partial charge in [0.15, 0.2) is 0 Å². The number of hydrogen-bond acceptors (Lipinski definition) is 7. The molecule has 8 nitrogen and oxygen atoms in total. The number of thioether (sulfide) groups is 1. The second kappa shape index (κ2) is 8.26. The molecule has 0 aromatic carbocycles.